The lowest BCUT2D eigenvalue weighted by atomic mass is 9.74. The fraction of sp³-hybridized carbons (Fsp3) is 0.963. The van der Waals surface area contributed by atoms with Crippen molar-refractivity contribution in [2.24, 2.45) is 23.7 Å². The zero-order valence-corrected chi connectivity index (χ0v) is 22.2. The third-order valence-corrected chi connectivity index (χ3v) is 10.5. The number of likely N-dealkylation sites (N-methyl/N-ethyl adjacent to an activating group) is 1. The number of hydrogen-bond acceptors (Lipinski definition) is 6. The van der Waals surface area contributed by atoms with E-state index in [4.69, 9.17) is 10.1 Å². The average molecular weight is 488 g/mol. The number of hydrogen-bond donors (Lipinski definition) is 4. The van der Waals surface area contributed by atoms with Crippen molar-refractivity contribution in [3.63, 3.8) is 0 Å². The van der Waals surface area contributed by atoms with Crippen molar-refractivity contribution in [3.8, 4) is 0 Å². The molecule has 6 aliphatic rings. The quantitative estimate of drug-likeness (QED) is 0.459. The molecule has 0 aromatic heterocycles. The third-order valence-electron chi connectivity index (χ3n) is 10.5. The van der Waals surface area contributed by atoms with Crippen LogP contribution in [0.15, 0.2) is 0 Å². The van der Waals surface area contributed by atoms with Crippen molar-refractivity contribution >= 4 is 5.96 Å². The Morgan fingerprint density at radius 3 is 2.43 bits per heavy atom. The molecule has 8 nitrogen and oxygen atoms in total. The number of rotatable bonds is 6. The molecule has 8 heteroatoms. The van der Waals surface area contributed by atoms with E-state index in [2.05, 4.69) is 44.8 Å². The number of nitrogens with zero attached hydrogens (tertiary/aromatic N) is 3. The molecule has 6 fully saturated rings. The lowest BCUT2D eigenvalue weighted by molar-refractivity contribution is 0.0202. The van der Waals surface area contributed by atoms with Gasteiger partial charge < -0.3 is 14.5 Å². The van der Waals surface area contributed by atoms with Crippen LogP contribution in [0, 0.1) is 29.1 Å². The Morgan fingerprint density at radius 1 is 1.00 bits per heavy atom. The summed E-state index contributed by atoms with van der Waals surface area (Å²) in [6, 6.07) is 1.51. The minimum Gasteiger partial charge on any atom is -0.365 e. The molecule has 3 aliphatic heterocycles. The molecule has 198 valence electrons. The summed E-state index contributed by atoms with van der Waals surface area (Å²) in [5, 5.41) is 19.4. The first-order chi connectivity index (χ1) is 17.0. The highest BCUT2D eigenvalue weighted by atomic mass is 16.5. The van der Waals surface area contributed by atoms with E-state index in [0.29, 0.717) is 30.2 Å². The summed E-state index contributed by atoms with van der Waals surface area (Å²) in [5.41, 5.74) is 3.59. The molecule has 0 radical (unpaired) electrons. The van der Waals surface area contributed by atoms with Crippen LogP contribution in [0.1, 0.15) is 77.6 Å². The van der Waals surface area contributed by atoms with Gasteiger partial charge in [-0.3, -0.25) is 16.0 Å². The standard InChI is InChI=1S/C27H49N7O/c1-17-14-24(35-3)31-34(17)20-12-8-18(9-13-20)16-33-26-23(32(2)27(33)28)15-29-25(30-26)22-7-5-4-6-21(22)19-10-11-19/h17-26,28-31H,4-16H2,1-3H3. The molecule has 35 heavy (non-hydrogen) atoms. The van der Waals surface area contributed by atoms with Crippen LogP contribution in [0.2, 0.25) is 0 Å². The molecular weight excluding hydrogens is 438 g/mol. The van der Waals surface area contributed by atoms with Crippen molar-refractivity contribution in [3.05, 3.63) is 0 Å². The third kappa shape index (κ3) is 4.74. The maximum Gasteiger partial charge on any atom is 0.195 e. The Labute approximate surface area is 212 Å². The van der Waals surface area contributed by atoms with E-state index in [1.165, 1.54) is 64.2 Å². The van der Waals surface area contributed by atoms with Crippen LogP contribution in [-0.2, 0) is 4.74 Å². The molecule has 0 amide bonds. The molecule has 3 saturated carbocycles. The molecule has 7 atom stereocenters. The summed E-state index contributed by atoms with van der Waals surface area (Å²) in [6.45, 7) is 4.34. The number of hydrazine groups is 1. The molecule has 6 rings (SSSR count). The van der Waals surface area contributed by atoms with Crippen LogP contribution >= 0.6 is 0 Å². The van der Waals surface area contributed by atoms with Crippen LogP contribution in [0.3, 0.4) is 0 Å². The highest BCUT2D eigenvalue weighted by Gasteiger charge is 2.49. The molecule has 3 heterocycles. The summed E-state index contributed by atoms with van der Waals surface area (Å²) < 4.78 is 5.56. The highest BCUT2D eigenvalue weighted by molar-refractivity contribution is 5.80. The summed E-state index contributed by atoms with van der Waals surface area (Å²) >= 11 is 0. The zero-order valence-electron chi connectivity index (χ0n) is 22.2. The van der Waals surface area contributed by atoms with Gasteiger partial charge in [0.1, 0.15) is 12.4 Å². The van der Waals surface area contributed by atoms with Gasteiger partial charge >= 0.3 is 0 Å². The monoisotopic (exact) mass is 487 g/mol. The Morgan fingerprint density at radius 2 is 1.74 bits per heavy atom. The van der Waals surface area contributed by atoms with E-state index < -0.39 is 0 Å². The Balaban J connectivity index is 1.07. The van der Waals surface area contributed by atoms with Crippen LogP contribution in [-0.4, -0.2) is 84.7 Å². The van der Waals surface area contributed by atoms with Gasteiger partial charge in [0, 0.05) is 45.8 Å². The van der Waals surface area contributed by atoms with Crippen LogP contribution in [0.25, 0.3) is 0 Å². The SMILES string of the molecule is COC1CC(C)N(C2CCC(CN3C(=N)N(C)C4CNC(C5CCCCC5C5CC5)NC43)CC2)N1. The number of guanidine groups is 1. The molecule has 0 bridgehead atoms. The van der Waals surface area contributed by atoms with E-state index in [-0.39, 0.29) is 12.4 Å². The smallest absolute Gasteiger partial charge is 0.195 e. The van der Waals surface area contributed by atoms with E-state index in [1.54, 1.807) is 7.11 Å². The number of methoxy groups -OCH3 is 1. The second kappa shape index (κ2) is 10.1. The summed E-state index contributed by atoms with van der Waals surface area (Å²) in [5.74, 6) is 4.06. The van der Waals surface area contributed by atoms with E-state index in [1.807, 2.05) is 0 Å². The molecule has 3 saturated heterocycles. The van der Waals surface area contributed by atoms with Gasteiger partial charge in [0.05, 0.1) is 12.2 Å². The number of ether oxygens (including phenoxy) is 1. The Kier molecular flexibility index (Phi) is 7.03. The fourth-order valence-electron chi connectivity index (χ4n) is 8.31. The maximum atomic E-state index is 8.95. The largest absolute Gasteiger partial charge is 0.365 e. The molecule has 4 N–H and O–H groups in total. The van der Waals surface area contributed by atoms with E-state index in [0.717, 1.165) is 43.2 Å². The topological polar surface area (TPSA) is 78.9 Å². The van der Waals surface area contributed by atoms with Crippen molar-refractivity contribution in [2.45, 2.75) is 114 Å². The number of nitrogens with one attached hydrogen (secondary N) is 4. The first kappa shape index (κ1) is 24.4. The molecule has 0 aromatic carbocycles. The second-order valence-corrected chi connectivity index (χ2v) is 12.6. The van der Waals surface area contributed by atoms with Crippen molar-refractivity contribution in [2.75, 3.05) is 27.2 Å². The van der Waals surface area contributed by atoms with Crippen molar-refractivity contribution in [1.29, 1.82) is 5.41 Å². The summed E-state index contributed by atoms with van der Waals surface area (Å²) in [6.07, 6.45) is 15.5. The average Bonchev–Trinajstić information content (AvgIpc) is 3.63. The van der Waals surface area contributed by atoms with Gasteiger partial charge in [0.25, 0.3) is 0 Å². The van der Waals surface area contributed by atoms with Gasteiger partial charge in [-0.25, -0.2) is 10.4 Å². The van der Waals surface area contributed by atoms with Crippen LogP contribution < -0.4 is 16.1 Å². The predicted octanol–water partition coefficient (Wildman–Crippen LogP) is 2.73. The molecule has 0 aromatic rings. The summed E-state index contributed by atoms with van der Waals surface area (Å²) in [7, 11) is 3.93. The zero-order chi connectivity index (χ0) is 24.1. The minimum atomic E-state index is 0.169. The molecular formula is C27H49N7O. The van der Waals surface area contributed by atoms with E-state index in [9.17, 15) is 0 Å². The van der Waals surface area contributed by atoms with Crippen molar-refractivity contribution in [1.82, 2.24) is 30.9 Å². The van der Waals surface area contributed by atoms with Crippen molar-refractivity contribution < 1.29 is 4.74 Å². The second-order valence-electron chi connectivity index (χ2n) is 12.6. The molecule has 3 aliphatic carbocycles. The van der Waals surface area contributed by atoms with Gasteiger partial charge in [0.15, 0.2) is 5.96 Å². The van der Waals surface area contributed by atoms with Crippen LogP contribution in [0.4, 0.5) is 0 Å². The lowest BCUT2D eigenvalue weighted by Gasteiger charge is -2.45. The first-order valence-electron chi connectivity index (χ1n) is 14.7. The van der Waals surface area contributed by atoms with Crippen LogP contribution in [0.5, 0.6) is 0 Å². The summed E-state index contributed by atoms with van der Waals surface area (Å²) in [4.78, 5) is 4.64. The molecule has 7 unspecified atom stereocenters. The maximum absolute atomic E-state index is 8.95. The fourth-order valence-corrected chi connectivity index (χ4v) is 8.31. The number of fused-ring (bicyclic) bond motifs is 1. The van der Waals surface area contributed by atoms with Gasteiger partial charge in [-0.05, 0) is 82.0 Å². The van der Waals surface area contributed by atoms with Gasteiger partial charge in [-0.2, -0.15) is 0 Å². The van der Waals surface area contributed by atoms with Gasteiger partial charge in [-0.15, -0.1) is 0 Å². The molecule has 0 spiro atoms. The highest BCUT2D eigenvalue weighted by Crippen LogP contribution is 2.48. The van der Waals surface area contributed by atoms with E-state index >= 15 is 0 Å². The lowest BCUT2D eigenvalue weighted by Crippen LogP contribution is -2.67. The first-order valence-corrected chi connectivity index (χ1v) is 14.7. The van der Waals surface area contributed by atoms with Gasteiger partial charge in [0.2, 0.25) is 0 Å². The predicted molar refractivity (Wildman–Crippen MR) is 138 cm³/mol. The van der Waals surface area contributed by atoms with Gasteiger partial charge in [-0.1, -0.05) is 12.8 Å². The normalized spacial score (nSPS) is 45.2. The minimum absolute atomic E-state index is 0.169. The Bertz CT molecular complexity index is 754. The Hall–Kier alpha value is -0.930.